The van der Waals surface area contributed by atoms with Crippen LogP contribution in [0.15, 0.2) is 81.9 Å². The van der Waals surface area contributed by atoms with E-state index in [4.69, 9.17) is 0 Å². The number of non-ortho nitro benzene ring substituents is 1. The van der Waals surface area contributed by atoms with Crippen molar-refractivity contribution in [1.82, 2.24) is 0 Å². The largest absolute Gasteiger partial charge is 0.508 e. The fourth-order valence-corrected chi connectivity index (χ4v) is 6.72. The number of nitro groups is 1. The van der Waals surface area contributed by atoms with Crippen LogP contribution in [0, 0.1) is 27.9 Å². The van der Waals surface area contributed by atoms with E-state index in [-0.39, 0.29) is 57.2 Å². The molecule has 1 N–H and O–H groups in total. The number of fused-ring (bicyclic) bond motifs is 3. The number of phenolic OH excluding ortho intramolecular Hbond substituents is 1. The predicted molar refractivity (Wildman–Crippen MR) is 138 cm³/mol. The van der Waals surface area contributed by atoms with Crippen LogP contribution in [-0.2, 0) is 19.2 Å². The number of carbonyl (C=O) groups is 4. The third-order valence-corrected chi connectivity index (χ3v) is 8.49. The summed E-state index contributed by atoms with van der Waals surface area (Å²) in [6.07, 6.45) is 3.45. The molecule has 0 bridgehead atoms. The van der Waals surface area contributed by atoms with Gasteiger partial charge < -0.3 is 5.11 Å². The SMILES string of the molecule is O=C1C=C(Br)C(=O)C2=C1[C@@H](c1ccccc1O)C1=CC[C@@H]3C(=O)N(c4ccc([N+](=O)[O-])cc4)C(=O)[C@@H]3[C@@H]1C2. The van der Waals surface area contributed by atoms with Crippen LogP contribution in [0.25, 0.3) is 0 Å². The summed E-state index contributed by atoms with van der Waals surface area (Å²) in [6, 6.07) is 11.8. The lowest BCUT2D eigenvalue weighted by molar-refractivity contribution is -0.384. The molecular formula is C28H19BrN2O7. The van der Waals surface area contributed by atoms with Crippen LogP contribution in [0.4, 0.5) is 11.4 Å². The van der Waals surface area contributed by atoms with Crippen molar-refractivity contribution in [3.05, 3.63) is 97.6 Å². The number of ketones is 2. The number of anilines is 1. The van der Waals surface area contributed by atoms with Crippen LogP contribution >= 0.6 is 15.9 Å². The Morgan fingerprint density at radius 2 is 1.68 bits per heavy atom. The highest BCUT2D eigenvalue weighted by atomic mass is 79.9. The number of amides is 2. The topological polar surface area (TPSA) is 135 Å². The van der Waals surface area contributed by atoms with E-state index in [1.165, 1.54) is 36.4 Å². The van der Waals surface area contributed by atoms with Crippen LogP contribution in [0.1, 0.15) is 24.3 Å². The van der Waals surface area contributed by atoms with Gasteiger partial charge in [-0.1, -0.05) is 29.8 Å². The van der Waals surface area contributed by atoms with E-state index in [9.17, 15) is 34.4 Å². The third kappa shape index (κ3) is 3.43. The smallest absolute Gasteiger partial charge is 0.269 e. The van der Waals surface area contributed by atoms with Crippen molar-refractivity contribution >= 4 is 50.7 Å². The summed E-state index contributed by atoms with van der Waals surface area (Å²) in [7, 11) is 0. The first-order chi connectivity index (χ1) is 18.2. The molecule has 0 saturated carbocycles. The number of para-hydroxylation sites is 1. The van der Waals surface area contributed by atoms with Gasteiger partial charge in [-0.15, -0.1) is 0 Å². The van der Waals surface area contributed by atoms with Gasteiger partial charge in [-0.2, -0.15) is 0 Å². The average Bonchev–Trinajstić information content (AvgIpc) is 3.16. The molecular weight excluding hydrogens is 556 g/mol. The number of carbonyl (C=O) groups excluding carboxylic acids is 4. The van der Waals surface area contributed by atoms with Crippen molar-refractivity contribution in [2.45, 2.75) is 18.8 Å². The van der Waals surface area contributed by atoms with E-state index in [0.29, 0.717) is 5.56 Å². The Morgan fingerprint density at radius 1 is 0.974 bits per heavy atom. The standard InChI is InChI=1S/C28H19BrN2O7/c29-20-12-22(33)25-19(26(20)34)11-18-15(23(25)16-3-1-2-4-21(16)32)9-10-17-24(18)28(36)30(27(17)35)13-5-7-14(8-6-13)31(37)38/h1-9,12,17-18,23-24,32H,10-11H2/t17-,18+,23+,24-/m0/s1. The van der Waals surface area contributed by atoms with Crippen molar-refractivity contribution in [3.8, 4) is 5.75 Å². The highest BCUT2D eigenvalue weighted by Crippen LogP contribution is 2.56. The number of aromatic hydroxyl groups is 1. The highest BCUT2D eigenvalue weighted by Gasteiger charge is 2.56. The average molecular weight is 575 g/mol. The maximum Gasteiger partial charge on any atom is 0.269 e. The normalized spacial score (nSPS) is 26.5. The Labute approximate surface area is 224 Å². The van der Waals surface area contributed by atoms with Crippen molar-refractivity contribution in [2.24, 2.45) is 17.8 Å². The number of nitro benzene ring substituents is 1. The summed E-state index contributed by atoms with van der Waals surface area (Å²) in [6.45, 7) is 0. The number of phenols is 1. The van der Waals surface area contributed by atoms with Gasteiger partial charge in [-0.25, -0.2) is 0 Å². The maximum absolute atomic E-state index is 13.8. The van der Waals surface area contributed by atoms with E-state index < -0.39 is 40.4 Å². The molecule has 0 spiro atoms. The summed E-state index contributed by atoms with van der Waals surface area (Å²) < 4.78 is 0.124. The van der Waals surface area contributed by atoms with Gasteiger partial charge in [0.05, 0.1) is 26.9 Å². The second kappa shape index (κ2) is 8.70. The minimum absolute atomic E-state index is 0.0387. The van der Waals surface area contributed by atoms with E-state index in [1.54, 1.807) is 18.2 Å². The molecule has 0 unspecified atom stereocenters. The molecule has 1 heterocycles. The van der Waals surface area contributed by atoms with Crippen LogP contribution in [0.2, 0.25) is 0 Å². The number of imide groups is 1. The van der Waals surface area contributed by atoms with Crippen LogP contribution in [0.5, 0.6) is 5.75 Å². The highest BCUT2D eigenvalue weighted by molar-refractivity contribution is 9.12. The van der Waals surface area contributed by atoms with Gasteiger partial charge in [-0.3, -0.25) is 34.2 Å². The molecule has 3 aliphatic carbocycles. The number of hydrogen-bond acceptors (Lipinski definition) is 7. The molecule has 4 atom stereocenters. The Hall–Kier alpha value is -4.18. The molecule has 6 rings (SSSR count). The quantitative estimate of drug-likeness (QED) is 0.190. The predicted octanol–water partition coefficient (Wildman–Crippen LogP) is 4.27. The Morgan fingerprint density at radius 3 is 2.37 bits per heavy atom. The molecule has 2 aromatic rings. The van der Waals surface area contributed by atoms with Gasteiger partial charge in [0.15, 0.2) is 11.6 Å². The first-order valence-corrected chi connectivity index (χ1v) is 12.8. The molecule has 1 aliphatic heterocycles. The summed E-state index contributed by atoms with van der Waals surface area (Å²) >= 11 is 3.18. The Kier molecular flexibility index (Phi) is 5.53. The summed E-state index contributed by atoms with van der Waals surface area (Å²) in [5.74, 6) is -4.35. The molecule has 9 nitrogen and oxygen atoms in total. The van der Waals surface area contributed by atoms with Gasteiger partial charge in [0.2, 0.25) is 11.8 Å². The molecule has 38 heavy (non-hydrogen) atoms. The molecule has 10 heteroatoms. The maximum atomic E-state index is 13.8. The molecule has 0 radical (unpaired) electrons. The van der Waals surface area contributed by atoms with E-state index >= 15 is 0 Å². The first kappa shape index (κ1) is 24.2. The van der Waals surface area contributed by atoms with Crippen molar-refractivity contribution in [2.75, 3.05) is 4.90 Å². The fourth-order valence-electron chi connectivity index (χ4n) is 6.27. The number of hydrogen-bond donors (Lipinski definition) is 1. The minimum atomic E-state index is -0.785. The van der Waals surface area contributed by atoms with E-state index in [1.807, 2.05) is 6.08 Å². The number of benzene rings is 2. The zero-order chi connectivity index (χ0) is 26.9. The monoisotopic (exact) mass is 574 g/mol. The zero-order valence-electron chi connectivity index (χ0n) is 19.7. The van der Waals surface area contributed by atoms with Gasteiger partial charge >= 0.3 is 0 Å². The lowest BCUT2D eigenvalue weighted by Gasteiger charge is -2.42. The van der Waals surface area contributed by atoms with Gasteiger partial charge in [0.25, 0.3) is 5.69 Å². The molecule has 0 aromatic heterocycles. The van der Waals surface area contributed by atoms with Crippen LogP contribution in [-0.4, -0.2) is 33.4 Å². The number of allylic oxidation sites excluding steroid dienone is 6. The molecule has 2 aromatic carbocycles. The summed E-state index contributed by atoms with van der Waals surface area (Å²) in [4.78, 5) is 65.3. The van der Waals surface area contributed by atoms with Crippen LogP contribution < -0.4 is 4.90 Å². The zero-order valence-corrected chi connectivity index (χ0v) is 21.3. The van der Waals surface area contributed by atoms with E-state index in [0.717, 1.165) is 10.5 Å². The number of rotatable bonds is 3. The third-order valence-electron chi connectivity index (χ3n) is 7.90. The van der Waals surface area contributed by atoms with Crippen molar-refractivity contribution in [3.63, 3.8) is 0 Å². The minimum Gasteiger partial charge on any atom is -0.508 e. The number of nitrogens with zero attached hydrogens (tertiary/aromatic N) is 2. The second-order valence-electron chi connectivity index (χ2n) is 9.74. The van der Waals surface area contributed by atoms with Gasteiger partial charge in [0.1, 0.15) is 5.75 Å². The first-order valence-electron chi connectivity index (χ1n) is 12.0. The number of halogens is 1. The fraction of sp³-hybridized carbons (Fsp3) is 0.214. The number of Topliss-reactive ketones (excluding diaryl/α,β-unsaturated/α-hetero) is 1. The van der Waals surface area contributed by atoms with E-state index in [2.05, 4.69) is 15.9 Å². The van der Waals surface area contributed by atoms with Crippen molar-refractivity contribution in [1.29, 1.82) is 0 Å². The Balaban J connectivity index is 1.46. The Bertz CT molecular complexity index is 1570. The summed E-state index contributed by atoms with van der Waals surface area (Å²) in [5.41, 5.74) is 1.81. The molecule has 1 saturated heterocycles. The lowest BCUT2D eigenvalue weighted by atomic mass is 9.59. The lowest BCUT2D eigenvalue weighted by Crippen LogP contribution is -2.39. The van der Waals surface area contributed by atoms with Crippen LogP contribution in [0.3, 0.4) is 0 Å². The molecule has 1 fully saturated rings. The molecule has 4 aliphatic rings. The van der Waals surface area contributed by atoms with Crippen molar-refractivity contribution < 1.29 is 29.2 Å². The van der Waals surface area contributed by atoms with Gasteiger partial charge in [-0.05, 0) is 52.9 Å². The summed E-state index contributed by atoms with van der Waals surface area (Å²) in [5, 5.41) is 21.8. The van der Waals surface area contributed by atoms with Gasteiger partial charge in [0, 0.05) is 40.8 Å². The molecule has 2 amide bonds. The second-order valence-corrected chi connectivity index (χ2v) is 10.6. The molecule has 190 valence electrons.